The lowest BCUT2D eigenvalue weighted by Gasteiger charge is -2.33. The third kappa shape index (κ3) is 8.26. The highest BCUT2D eigenvalue weighted by Gasteiger charge is 2.32. The van der Waals surface area contributed by atoms with Gasteiger partial charge in [-0.15, -0.1) is 0 Å². The fourth-order valence-corrected chi connectivity index (χ4v) is 4.71. The molecule has 2 aromatic carbocycles. The van der Waals surface area contributed by atoms with Crippen LogP contribution in [0.1, 0.15) is 51.7 Å². The van der Waals surface area contributed by atoms with Crippen molar-refractivity contribution < 1.29 is 22.7 Å². The number of carbonyl (C=O) groups is 2. The van der Waals surface area contributed by atoms with E-state index in [4.69, 9.17) is 4.74 Å². The Kier molecular flexibility index (Phi) is 10.8. The fourth-order valence-electron chi connectivity index (χ4n) is 3.86. The summed E-state index contributed by atoms with van der Waals surface area (Å²) >= 11 is 0. The molecule has 36 heavy (non-hydrogen) atoms. The second-order valence-electron chi connectivity index (χ2n) is 8.95. The van der Waals surface area contributed by atoms with Gasteiger partial charge >= 0.3 is 0 Å². The van der Waals surface area contributed by atoms with Gasteiger partial charge < -0.3 is 15.0 Å². The Morgan fingerprint density at radius 1 is 1.03 bits per heavy atom. The molecule has 0 saturated heterocycles. The maximum atomic E-state index is 13.7. The van der Waals surface area contributed by atoms with E-state index < -0.39 is 28.5 Å². The van der Waals surface area contributed by atoms with Crippen LogP contribution in [0.15, 0.2) is 48.5 Å². The molecule has 2 aromatic rings. The number of rotatable bonds is 13. The van der Waals surface area contributed by atoms with Crippen molar-refractivity contribution >= 4 is 27.5 Å². The van der Waals surface area contributed by atoms with Crippen molar-refractivity contribution in [1.29, 1.82) is 0 Å². The maximum Gasteiger partial charge on any atom is 0.244 e. The van der Waals surface area contributed by atoms with Crippen LogP contribution in [0.2, 0.25) is 0 Å². The zero-order valence-electron chi connectivity index (χ0n) is 22.2. The third-order valence-corrected chi connectivity index (χ3v) is 7.08. The van der Waals surface area contributed by atoms with Crippen molar-refractivity contribution in [3.8, 4) is 5.75 Å². The first-order chi connectivity index (χ1) is 17.0. The average molecular weight is 518 g/mol. The highest BCUT2D eigenvalue weighted by Crippen LogP contribution is 2.23. The molecular weight excluding hydrogens is 478 g/mol. The second-order valence-corrected chi connectivity index (χ2v) is 10.9. The predicted octanol–water partition coefficient (Wildman–Crippen LogP) is 3.88. The topological polar surface area (TPSA) is 96.0 Å². The number of benzene rings is 2. The van der Waals surface area contributed by atoms with Crippen LogP contribution in [-0.4, -0.2) is 56.6 Å². The molecule has 2 rings (SSSR count). The molecule has 2 amide bonds. The summed E-state index contributed by atoms with van der Waals surface area (Å²) in [6.07, 6.45) is 2.21. The summed E-state index contributed by atoms with van der Waals surface area (Å²) in [6.45, 7) is 9.80. The number of sulfonamides is 1. The van der Waals surface area contributed by atoms with Gasteiger partial charge in [0.25, 0.3) is 0 Å². The molecule has 8 nitrogen and oxygen atoms in total. The molecule has 9 heteroatoms. The number of aryl methyl sites for hydroxylation is 1. The minimum absolute atomic E-state index is 0.0427. The first-order valence-electron chi connectivity index (χ1n) is 12.4. The minimum atomic E-state index is -3.78. The Bertz CT molecular complexity index is 1120. The molecule has 2 atom stereocenters. The van der Waals surface area contributed by atoms with Crippen molar-refractivity contribution in [2.75, 3.05) is 23.7 Å². The first kappa shape index (κ1) is 29.2. The molecule has 0 aliphatic carbocycles. The molecule has 0 aliphatic rings. The number of nitrogens with one attached hydrogen (secondary N) is 1. The molecule has 0 bridgehead atoms. The Morgan fingerprint density at radius 3 is 2.22 bits per heavy atom. The molecule has 0 fully saturated rings. The van der Waals surface area contributed by atoms with Crippen LogP contribution in [-0.2, 0) is 26.2 Å². The normalized spacial score (nSPS) is 12.9. The molecule has 0 radical (unpaired) electrons. The van der Waals surface area contributed by atoms with Crippen LogP contribution in [0.25, 0.3) is 0 Å². The highest BCUT2D eigenvalue weighted by atomic mass is 32.2. The summed E-state index contributed by atoms with van der Waals surface area (Å²) in [6, 6.07) is 13.5. The lowest BCUT2D eigenvalue weighted by Crippen LogP contribution is -2.53. The predicted molar refractivity (Wildman–Crippen MR) is 144 cm³/mol. The number of nitrogens with zero attached hydrogens (tertiary/aromatic N) is 2. The molecule has 198 valence electrons. The number of amides is 2. The van der Waals surface area contributed by atoms with Crippen LogP contribution < -0.4 is 14.4 Å². The van der Waals surface area contributed by atoms with Gasteiger partial charge in [-0.3, -0.25) is 13.9 Å². The average Bonchev–Trinajstić information content (AvgIpc) is 2.82. The van der Waals surface area contributed by atoms with Gasteiger partial charge in [0.15, 0.2) is 0 Å². The third-order valence-electron chi connectivity index (χ3n) is 5.94. The standard InChI is InChI=1S/C27H39N3O5S/c1-7-21(5)28-27(32)25(8-2)29(18-22-12-10-11-20(4)17-22)26(31)19-30(36(6,33)34)23-13-15-24(16-14-23)35-9-3/h10-17,21,25H,7-9,18-19H2,1-6H3,(H,28,32)/t21-,25+/m0/s1. The lowest BCUT2D eigenvalue weighted by molar-refractivity contribution is -0.140. The molecule has 0 saturated carbocycles. The van der Waals surface area contributed by atoms with Gasteiger partial charge in [-0.2, -0.15) is 0 Å². The van der Waals surface area contributed by atoms with Gasteiger partial charge in [0.05, 0.1) is 18.6 Å². The minimum Gasteiger partial charge on any atom is -0.494 e. The second kappa shape index (κ2) is 13.3. The molecule has 0 heterocycles. The Hall–Kier alpha value is -3.07. The smallest absolute Gasteiger partial charge is 0.244 e. The van der Waals surface area contributed by atoms with Crippen LogP contribution >= 0.6 is 0 Å². The van der Waals surface area contributed by atoms with Crippen molar-refractivity contribution in [3.63, 3.8) is 0 Å². The fraction of sp³-hybridized carbons (Fsp3) is 0.481. The molecule has 0 aromatic heterocycles. The molecule has 0 unspecified atom stereocenters. The van der Waals surface area contributed by atoms with Gasteiger partial charge in [0.2, 0.25) is 21.8 Å². The zero-order chi connectivity index (χ0) is 26.9. The Labute approximate surface area is 215 Å². The molecule has 1 N–H and O–H groups in total. The molecule has 0 spiro atoms. The number of anilines is 1. The van der Waals surface area contributed by atoms with E-state index in [1.807, 2.05) is 58.9 Å². The zero-order valence-corrected chi connectivity index (χ0v) is 23.0. The Morgan fingerprint density at radius 2 is 1.69 bits per heavy atom. The van der Waals surface area contributed by atoms with E-state index in [2.05, 4.69) is 5.32 Å². The van der Waals surface area contributed by atoms with Crippen molar-refractivity contribution in [2.24, 2.45) is 0 Å². The van der Waals surface area contributed by atoms with Gasteiger partial charge in [-0.25, -0.2) is 8.42 Å². The quantitative estimate of drug-likeness (QED) is 0.435. The van der Waals surface area contributed by atoms with Crippen LogP contribution in [0, 0.1) is 6.92 Å². The van der Waals surface area contributed by atoms with Crippen molar-refractivity contribution in [3.05, 3.63) is 59.7 Å². The van der Waals surface area contributed by atoms with Crippen molar-refractivity contribution in [1.82, 2.24) is 10.2 Å². The van der Waals surface area contributed by atoms with E-state index in [1.54, 1.807) is 24.3 Å². The maximum absolute atomic E-state index is 13.7. The summed E-state index contributed by atoms with van der Waals surface area (Å²) < 4.78 is 31.9. The monoisotopic (exact) mass is 517 g/mol. The number of carbonyl (C=O) groups excluding carboxylic acids is 2. The van der Waals surface area contributed by atoms with Crippen LogP contribution in [0.3, 0.4) is 0 Å². The number of hydrogen-bond donors (Lipinski definition) is 1. The number of hydrogen-bond acceptors (Lipinski definition) is 5. The van der Waals surface area contributed by atoms with Gasteiger partial charge in [0, 0.05) is 12.6 Å². The summed E-state index contributed by atoms with van der Waals surface area (Å²) in [5.74, 6) is -0.100. The van der Waals surface area contributed by atoms with Crippen LogP contribution in [0.5, 0.6) is 5.75 Å². The molecule has 0 aliphatic heterocycles. The van der Waals surface area contributed by atoms with E-state index in [9.17, 15) is 18.0 Å². The summed E-state index contributed by atoms with van der Waals surface area (Å²) in [5.41, 5.74) is 2.25. The number of ether oxygens (including phenoxy) is 1. The van der Waals surface area contributed by atoms with E-state index in [-0.39, 0.29) is 18.5 Å². The van der Waals surface area contributed by atoms with Gasteiger partial charge in [0.1, 0.15) is 18.3 Å². The summed E-state index contributed by atoms with van der Waals surface area (Å²) in [7, 11) is -3.78. The van der Waals surface area contributed by atoms with Crippen LogP contribution in [0.4, 0.5) is 5.69 Å². The lowest BCUT2D eigenvalue weighted by atomic mass is 10.1. The molecular formula is C27H39N3O5S. The van der Waals surface area contributed by atoms with E-state index in [0.29, 0.717) is 24.5 Å². The van der Waals surface area contributed by atoms with Gasteiger partial charge in [-0.05, 0) is 63.4 Å². The van der Waals surface area contributed by atoms with Gasteiger partial charge in [-0.1, -0.05) is 43.7 Å². The summed E-state index contributed by atoms with van der Waals surface area (Å²) in [5, 5.41) is 2.97. The Balaban J connectivity index is 2.42. The van der Waals surface area contributed by atoms with E-state index >= 15 is 0 Å². The van der Waals surface area contributed by atoms with Crippen molar-refractivity contribution in [2.45, 2.75) is 66.1 Å². The highest BCUT2D eigenvalue weighted by molar-refractivity contribution is 7.92. The largest absolute Gasteiger partial charge is 0.494 e. The van der Waals surface area contributed by atoms with E-state index in [0.717, 1.165) is 28.1 Å². The first-order valence-corrected chi connectivity index (χ1v) is 14.2. The van der Waals surface area contributed by atoms with E-state index in [1.165, 1.54) is 4.90 Å². The SMILES string of the molecule is CCOc1ccc(N(CC(=O)N(Cc2cccc(C)c2)[C@H](CC)C(=O)N[C@@H](C)CC)S(C)(=O)=O)cc1. The summed E-state index contributed by atoms with van der Waals surface area (Å²) in [4.78, 5) is 28.3.